The summed E-state index contributed by atoms with van der Waals surface area (Å²) in [5.74, 6) is 0. The monoisotopic (exact) mass is 187 g/mol. The number of hydrogen-bond acceptors (Lipinski definition) is 4. The van der Waals surface area contributed by atoms with Crippen LogP contribution in [0.3, 0.4) is 0 Å². The Balaban J connectivity index is 2.28. The summed E-state index contributed by atoms with van der Waals surface area (Å²) in [6, 6.07) is 0. The minimum absolute atomic E-state index is 0.384. The summed E-state index contributed by atoms with van der Waals surface area (Å²) in [5.41, 5.74) is 4.20. The lowest BCUT2D eigenvalue weighted by Crippen LogP contribution is -2.21. The number of hydrogen-bond donors (Lipinski definition) is 2. The van der Waals surface area contributed by atoms with Crippen molar-refractivity contribution in [1.29, 1.82) is 0 Å². The Labute approximate surface area is 73.8 Å². The zero-order chi connectivity index (χ0) is 8.60. The van der Waals surface area contributed by atoms with E-state index in [-0.39, 0.29) is 0 Å². The second-order valence-electron chi connectivity index (χ2n) is 2.95. The number of anilines is 1. The number of nitrogens with zero attached hydrogens (tertiary/aromatic N) is 1. The molecule has 66 valence electrons. The maximum absolute atomic E-state index is 13.9. The predicted octanol–water partition coefficient (Wildman–Crippen LogP) is 0.883. The molecule has 5 heteroatoms. The summed E-state index contributed by atoms with van der Waals surface area (Å²) in [6.07, 6.45) is 2.06. The second-order valence-corrected chi connectivity index (χ2v) is 4.02. The largest absolute Gasteiger partial charge is 0.375 e. The molecule has 1 aliphatic heterocycles. The van der Waals surface area contributed by atoms with Gasteiger partial charge in [0.1, 0.15) is 0 Å². The van der Waals surface area contributed by atoms with Gasteiger partial charge in [-0.25, -0.2) is 9.37 Å². The van der Waals surface area contributed by atoms with Crippen LogP contribution in [-0.4, -0.2) is 18.1 Å². The van der Waals surface area contributed by atoms with Gasteiger partial charge in [-0.1, -0.05) is 11.3 Å². The Morgan fingerprint density at radius 1 is 1.75 bits per heavy atom. The molecule has 1 fully saturated rings. The molecule has 12 heavy (non-hydrogen) atoms. The van der Waals surface area contributed by atoms with Crippen molar-refractivity contribution in [2.45, 2.75) is 12.1 Å². The van der Waals surface area contributed by atoms with Crippen molar-refractivity contribution < 1.29 is 4.39 Å². The molecule has 1 saturated heterocycles. The van der Waals surface area contributed by atoms with Gasteiger partial charge >= 0.3 is 0 Å². The van der Waals surface area contributed by atoms with Crippen molar-refractivity contribution in [3.63, 3.8) is 0 Å². The molecule has 1 aromatic heterocycles. The molecule has 0 bridgehead atoms. The predicted molar refractivity (Wildman–Crippen MR) is 46.8 cm³/mol. The normalized spacial score (nSPS) is 29.4. The smallest absolute Gasteiger partial charge is 0.180 e. The number of rotatable bonds is 1. The molecule has 0 radical (unpaired) electrons. The maximum atomic E-state index is 13.9. The molecule has 0 aromatic carbocycles. The van der Waals surface area contributed by atoms with Gasteiger partial charge in [-0.3, -0.25) is 0 Å². The van der Waals surface area contributed by atoms with Gasteiger partial charge in [0.15, 0.2) is 10.8 Å². The van der Waals surface area contributed by atoms with Crippen LogP contribution < -0.4 is 11.1 Å². The number of nitrogen functional groups attached to an aromatic ring is 1. The standard InChI is InChI=1S/C7H10FN3S/c8-7(1-2-10-4-7)5-3-11-6(9)12-5/h3,10H,1-2,4H2,(H2,9,11). The first-order chi connectivity index (χ1) is 5.71. The first-order valence-electron chi connectivity index (χ1n) is 3.82. The fourth-order valence-corrected chi connectivity index (χ4v) is 2.16. The molecule has 0 aliphatic carbocycles. The van der Waals surface area contributed by atoms with Crippen LogP contribution in [0.5, 0.6) is 0 Å². The number of nitrogens with two attached hydrogens (primary N) is 1. The minimum atomic E-state index is -1.23. The zero-order valence-electron chi connectivity index (χ0n) is 6.51. The summed E-state index contributed by atoms with van der Waals surface area (Å²) in [6.45, 7) is 1.11. The van der Waals surface area contributed by atoms with Crippen molar-refractivity contribution >= 4 is 16.5 Å². The topological polar surface area (TPSA) is 50.9 Å². The van der Waals surface area contributed by atoms with Crippen molar-refractivity contribution in [3.05, 3.63) is 11.1 Å². The molecule has 0 amide bonds. The van der Waals surface area contributed by atoms with Crippen LogP contribution in [0.25, 0.3) is 0 Å². The number of nitrogens with one attached hydrogen (secondary N) is 1. The highest BCUT2D eigenvalue weighted by Gasteiger charge is 2.37. The molecule has 0 spiro atoms. The Morgan fingerprint density at radius 3 is 3.08 bits per heavy atom. The molecule has 2 rings (SSSR count). The Bertz CT molecular complexity index is 280. The van der Waals surface area contributed by atoms with E-state index in [1.165, 1.54) is 17.5 Å². The number of thiazole rings is 1. The molecule has 1 unspecified atom stereocenters. The van der Waals surface area contributed by atoms with Gasteiger partial charge in [0.2, 0.25) is 0 Å². The van der Waals surface area contributed by atoms with Gasteiger partial charge < -0.3 is 11.1 Å². The first-order valence-corrected chi connectivity index (χ1v) is 4.64. The number of aromatic nitrogens is 1. The fraction of sp³-hybridized carbons (Fsp3) is 0.571. The average molecular weight is 187 g/mol. The highest BCUT2D eigenvalue weighted by atomic mass is 32.1. The van der Waals surface area contributed by atoms with E-state index in [4.69, 9.17) is 5.73 Å². The van der Waals surface area contributed by atoms with Crippen molar-refractivity contribution in [2.24, 2.45) is 0 Å². The van der Waals surface area contributed by atoms with Crippen molar-refractivity contribution in [1.82, 2.24) is 10.3 Å². The third kappa shape index (κ3) is 1.19. The highest BCUT2D eigenvalue weighted by molar-refractivity contribution is 7.15. The van der Waals surface area contributed by atoms with Crippen LogP contribution in [0.15, 0.2) is 6.20 Å². The molecular weight excluding hydrogens is 177 g/mol. The molecule has 1 aromatic rings. The van der Waals surface area contributed by atoms with E-state index in [0.717, 1.165) is 6.54 Å². The Hall–Kier alpha value is -0.680. The lowest BCUT2D eigenvalue weighted by atomic mass is 10.1. The molecular formula is C7H10FN3S. The number of halogens is 1. The fourth-order valence-electron chi connectivity index (χ4n) is 1.37. The number of alkyl halides is 1. The first kappa shape index (κ1) is 7.94. The Morgan fingerprint density at radius 2 is 2.58 bits per heavy atom. The zero-order valence-corrected chi connectivity index (χ0v) is 7.33. The minimum Gasteiger partial charge on any atom is -0.375 e. The SMILES string of the molecule is Nc1ncc(C2(F)CCNC2)s1. The van der Waals surface area contributed by atoms with Crippen LogP contribution in [0.4, 0.5) is 9.52 Å². The average Bonchev–Trinajstić information content (AvgIpc) is 2.59. The summed E-state index contributed by atoms with van der Waals surface area (Å²) < 4.78 is 13.9. The van der Waals surface area contributed by atoms with Crippen LogP contribution in [-0.2, 0) is 5.67 Å². The van der Waals surface area contributed by atoms with E-state index in [1.807, 2.05) is 0 Å². The van der Waals surface area contributed by atoms with Gasteiger partial charge in [0, 0.05) is 19.2 Å². The van der Waals surface area contributed by atoms with Crippen LogP contribution >= 0.6 is 11.3 Å². The second kappa shape index (κ2) is 2.67. The van der Waals surface area contributed by atoms with E-state index in [9.17, 15) is 4.39 Å². The molecule has 3 nitrogen and oxygen atoms in total. The molecule has 1 aliphatic rings. The highest BCUT2D eigenvalue weighted by Crippen LogP contribution is 2.36. The van der Waals surface area contributed by atoms with Crippen molar-refractivity contribution in [3.8, 4) is 0 Å². The molecule has 2 heterocycles. The van der Waals surface area contributed by atoms with Gasteiger partial charge in [-0.15, -0.1) is 0 Å². The summed E-state index contributed by atoms with van der Waals surface area (Å²) >= 11 is 1.24. The van der Waals surface area contributed by atoms with Gasteiger partial charge in [0.05, 0.1) is 4.88 Å². The van der Waals surface area contributed by atoms with Gasteiger partial charge in [-0.2, -0.15) is 0 Å². The summed E-state index contributed by atoms with van der Waals surface area (Å²) in [4.78, 5) is 4.48. The van der Waals surface area contributed by atoms with E-state index in [0.29, 0.717) is 23.0 Å². The van der Waals surface area contributed by atoms with E-state index >= 15 is 0 Å². The lowest BCUT2D eigenvalue weighted by Gasteiger charge is -2.14. The Kier molecular flexibility index (Phi) is 1.77. The van der Waals surface area contributed by atoms with Gasteiger partial charge in [-0.05, 0) is 6.54 Å². The summed E-state index contributed by atoms with van der Waals surface area (Å²) in [7, 11) is 0. The van der Waals surface area contributed by atoms with Gasteiger partial charge in [0.25, 0.3) is 0 Å². The third-order valence-corrected chi connectivity index (χ3v) is 3.07. The van der Waals surface area contributed by atoms with Crippen LogP contribution in [0.2, 0.25) is 0 Å². The van der Waals surface area contributed by atoms with E-state index in [2.05, 4.69) is 10.3 Å². The van der Waals surface area contributed by atoms with Crippen LogP contribution in [0, 0.1) is 0 Å². The lowest BCUT2D eigenvalue weighted by molar-refractivity contribution is 0.198. The van der Waals surface area contributed by atoms with Crippen LogP contribution in [0.1, 0.15) is 11.3 Å². The summed E-state index contributed by atoms with van der Waals surface area (Å²) in [5, 5.41) is 3.42. The van der Waals surface area contributed by atoms with E-state index in [1.54, 1.807) is 0 Å². The quantitative estimate of drug-likeness (QED) is 0.686. The molecule has 0 saturated carbocycles. The maximum Gasteiger partial charge on any atom is 0.180 e. The molecule has 1 atom stereocenters. The third-order valence-electron chi connectivity index (χ3n) is 2.07. The van der Waals surface area contributed by atoms with Crippen molar-refractivity contribution in [2.75, 3.05) is 18.8 Å². The molecule has 3 N–H and O–H groups in total. The van der Waals surface area contributed by atoms with E-state index < -0.39 is 5.67 Å².